The molecule has 0 saturated heterocycles. The molecule has 88 valence electrons. The van der Waals surface area contributed by atoms with E-state index in [1.165, 1.54) is 0 Å². The minimum Gasteiger partial charge on any atom is -0.494 e. The maximum atomic E-state index is 12.4. The molecule has 18 heavy (non-hydrogen) atoms. The SMILES string of the molecule is O=C(c1ccccc1)c1c(O)[nH]c2ccccc12. The van der Waals surface area contributed by atoms with Crippen LogP contribution in [0.2, 0.25) is 0 Å². The summed E-state index contributed by atoms with van der Waals surface area (Å²) in [5.74, 6) is -0.254. The molecule has 0 aliphatic heterocycles. The smallest absolute Gasteiger partial charge is 0.200 e. The number of aromatic amines is 1. The molecule has 1 aromatic heterocycles. The molecule has 2 N–H and O–H groups in total. The van der Waals surface area contributed by atoms with Gasteiger partial charge in [-0.05, 0) is 6.07 Å². The maximum absolute atomic E-state index is 12.4. The minimum atomic E-state index is -0.175. The number of aromatic nitrogens is 1. The van der Waals surface area contributed by atoms with Crippen molar-refractivity contribution in [3.05, 3.63) is 65.7 Å². The van der Waals surface area contributed by atoms with Gasteiger partial charge in [0.15, 0.2) is 5.78 Å². The summed E-state index contributed by atoms with van der Waals surface area (Å²) < 4.78 is 0. The van der Waals surface area contributed by atoms with Crippen molar-refractivity contribution >= 4 is 16.7 Å². The van der Waals surface area contributed by atoms with Crippen LogP contribution < -0.4 is 0 Å². The van der Waals surface area contributed by atoms with E-state index >= 15 is 0 Å². The Hall–Kier alpha value is -2.55. The average Bonchev–Trinajstić information content (AvgIpc) is 2.75. The fourth-order valence-electron chi connectivity index (χ4n) is 2.09. The van der Waals surface area contributed by atoms with E-state index in [2.05, 4.69) is 4.98 Å². The van der Waals surface area contributed by atoms with Gasteiger partial charge in [0.05, 0.1) is 5.56 Å². The summed E-state index contributed by atoms with van der Waals surface area (Å²) in [5.41, 5.74) is 1.66. The molecule has 0 saturated carbocycles. The highest BCUT2D eigenvalue weighted by atomic mass is 16.3. The van der Waals surface area contributed by atoms with Gasteiger partial charge in [-0.25, -0.2) is 0 Å². The molecular formula is C15H11NO2. The van der Waals surface area contributed by atoms with Crippen LogP contribution in [-0.2, 0) is 0 Å². The number of para-hydroxylation sites is 1. The van der Waals surface area contributed by atoms with Gasteiger partial charge in [-0.15, -0.1) is 0 Å². The lowest BCUT2D eigenvalue weighted by Gasteiger charge is -2.00. The number of carbonyl (C=O) groups excluding carboxylic acids is 1. The van der Waals surface area contributed by atoms with Gasteiger partial charge in [0, 0.05) is 16.5 Å². The van der Waals surface area contributed by atoms with E-state index in [0.717, 1.165) is 10.9 Å². The largest absolute Gasteiger partial charge is 0.494 e. The van der Waals surface area contributed by atoms with Gasteiger partial charge in [0.25, 0.3) is 0 Å². The Balaban J connectivity index is 2.21. The number of fused-ring (bicyclic) bond motifs is 1. The molecule has 0 unspecified atom stereocenters. The summed E-state index contributed by atoms with van der Waals surface area (Å²) >= 11 is 0. The van der Waals surface area contributed by atoms with Gasteiger partial charge in [-0.1, -0.05) is 48.5 Å². The number of nitrogens with one attached hydrogen (secondary N) is 1. The molecule has 0 atom stereocenters. The van der Waals surface area contributed by atoms with Crippen LogP contribution in [-0.4, -0.2) is 15.9 Å². The zero-order valence-corrected chi connectivity index (χ0v) is 9.55. The van der Waals surface area contributed by atoms with Crippen molar-refractivity contribution in [3.8, 4) is 5.88 Å². The molecular weight excluding hydrogens is 226 g/mol. The first-order valence-corrected chi connectivity index (χ1v) is 5.67. The first-order valence-electron chi connectivity index (χ1n) is 5.67. The first-order chi connectivity index (χ1) is 8.77. The summed E-state index contributed by atoms with van der Waals surface area (Å²) in [7, 11) is 0. The monoisotopic (exact) mass is 237 g/mol. The third-order valence-electron chi connectivity index (χ3n) is 2.95. The lowest BCUT2D eigenvalue weighted by atomic mass is 10.0. The molecule has 0 spiro atoms. The molecule has 3 heteroatoms. The highest BCUT2D eigenvalue weighted by Crippen LogP contribution is 2.29. The van der Waals surface area contributed by atoms with Crippen LogP contribution in [0, 0.1) is 0 Å². The zero-order valence-electron chi connectivity index (χ0n) is 9.55. The molecule has 3 rings (SSSR count). The summed E-state index contributed by atoms with van der Waals surface area (Å²) in [6.07, 6.45) is 0. The Bertz CT molecular complexity index is 714. The predicted octanol–water partition coefficient (Wildman–Crippen LogP) is 3.10. The number of hydrogen-bond acceptors (Lipinski definition) is 2. The summed E-state index contributed by atoms with van der Waals surface area (Å²) in [6, 6.07) is 16.3. The van der Waals surface area contributed by atoms with Crippen molar-refractivity contribution in [3.63, 3.8) is 0 Å². The first kappa shape index (κ1) is 10.6. The summed E-state index contributed by atoms with van der Waals surface area (Å²) in [4.78, 5) is 15.2. The highest BCUT2D eigenvalue weighted by molar-refractivity contribution is 6.18. The maximum Gasteiger partial charge on any atom is 0.200 e. The van der Waals surface area contributed by atoms with Gasteiger partial charge in [-0.3, -0.25) is 4.79 Å². The second-order valence-electron chi connectivity index (χ2n) is 4.09. The number of carbonyl (C=O) groups is 1. The number of ketones is 1. The van der Waals surface area contributed by atoms with Gasteiger partial charge >= 0.3 is 0 Å². The number of H-pyrrole nitrogens is 1. The van der Waals surface area contributed by atoms with E-state index in [1.807, 2.05) is 30.3 Å². The van der Waals surface area contributed by atoms with Crippen molar-refractivity contribution in [2.24, 2.45) is 0 Å². The second-order valence-corrected chi connectivity index (χ2v) is 4.09. The number of hydrogen-bond donors (Lipinski definition) is 2. The molecule has 3 nitrogen and oxygen atoms in total. The highest BCUT2D eigenvalue weighted by Gasteiger charge is 2.18. The van der Waals surface area contributed by atoms with Gasteiger partial charge in [0.2, 0.25) is 5.88 Å². The van der Waals surface area contributed by atoms with Crippen molar-refractivity contribution in [2.45, 2.75) is 0 Å². The van der Waals surface area contributed by atoms with Crippen LogP contribution in [0.15, 0.2) is 54.6 Å². The van der Waals surface area contributed by atoms with Crippen LogP contribution in [0.3, 0.4) is 0 Å². The Morgan fingerprint density at radius 1 is 0.944 bits per heavy atom. The fourth-order valence-corrected chi connectivity index (χ4v) is 2.09. The quantitative estimate of drug-likeness (QED) is 0.673. The van der Waals surface area contributed by atoms with Gasteiger partial charge < -0.3 is 10.1 Å². The Labute approximate surface area is 104 Å². The minimum absolute atomic E-state index is 0.0787. The van der Waals surface area contributed by atoms with E-state index in [9.17, 15) is 9.90 Å². The van der Waals surface area contributed by atoms with Crippen LogP contribution >= 0.6 is 0 Å². The van der Waals surface area contributed by atoms with E-state index in [4.69, 9.17) is 0 Å². The average molecular weight is 237 g/mol. The molecule has 0 aliphatic rings. The number of benzene rings is 2. The van der Waals surface area contributed by atoms with Crippen molar-refractivity contribution in [1.29, 1.82) is 0 Å². The third-order valence-corrected chi connectivity index (χ3v) is 2.95. The van der Waals surface area contributed by atoms with Crippen molar-refractivity contribution < 1.29 is 9.90 Å². The van der Waals surface area contributed by atoms with Crippen molar-refractivity contribution in [2.75, 3.05) is 0 Å². The Morgan fingerprint density at radius 3 is 2.39 bits per heavy atom. The van der Waals surface area contributed by atoms with E-state index in [1.54, 1.807) is 24.3 Å². The zero-order chi connectivity index (χ0) is 12.5. The van der Waals surface area contributed by atoms with E-state index in [-0.39, 0.29) is 11.7 Å². The van der Waals surface area contributed by atoms with Crippen LogP contribution in [0.25, 0.3) is 10.9 Å². The van der Waals surface area contributed by atoms with Crippen LogP contribution in [0.4, 0.5) is 0 Å². The van der Waals surface area contributed by atoms with Gasteiger partial charge in [-0.2, -0.15) is 0 Å². The lowest BCUT2D eigenvalue weighted by Crippen LogP contribution is -2.00. The Morgan fingerprint density at radius 2 is 1.61 bits per heavy atom. The molecule has 2 aromatic carbocycles. The van der Waals surface area contributed by atoms with Gasteiger partial charge in [0.1, 0.15) is 0 Å². The molecule has 3 aromatic rings. The molecule has 1 heterocycles. The standard InChI is InChI=1S/C15H11NO2/c17-14(10-6-2-1-3-7-10)13-11-8-4-5-9-12(11)16-15(13)18/h1-9,16,18H. The summed E-state index contributed by atoms with van der Waals surface area (Å²) in [5, 5.41) is 10.6. The normalized spacial score (nSPS) is 10.7. The molecule has 0 aliphatic carbocycles. The second kappa shape index (κ2) is 4.04. The van der Waals surface area contributed by atoms with E-state index in [0.29, 0.717) is 11.1 Å². The predicted molar refractivity (Wildman–Crippen MR) is 69.8 cm³/mol. The third kappa shape index (κ3) is 1.57. The molecule has 0 amide bonds. The fraction of sp³-hybridized carbons (Fsp3) is 0. The number of rotatable bonds is 2. The Kier molecular flexibility index (Phi) is 2.38. The topological polar surface area (TPSA) is 53.1 Å². The van der Waals surface area contributed by atoms with Crippen molar-refractivity contribution in [1.82, 2.24) is 4.98 Å². The lowest BCUT2D eigenvalue weighted by molar-refractivity contribution is 0.103. The number of aromatic hydroxyl groups is 1. The summed E-state index contributed by atoms with van der Waals surface area (Å²) in [6.45, 7) is 0. The van der Waals surface area contributed by atoms with E-state index < -0.39 is 0 Å². The molecule has 0 radical (unpaired) electrons. The molecule has 0 fully saturated rings. The van der Waals surface area contributed by atoms with Crippen LogP contribution in [0.1, 0.15) is 15.9 Å². The van der Waals surface area contributed by atoms with Crippen LogP contribution in [0.5, 0.6) is 5.88 Å². The molecule has 0 bridgehead atoms.